The van der Waals surface area contributed by atoms with E-state index in [1.807, 2.05) is 0 Å². The van der Waals surface area contributed by atoms with Crippen LogP contribution in [0.5, 0.6) is 0 Å². The molecule has 0 aliphatic carbocycles. The highest BCUT2D eigenvalue weighted by Crippen LogP contribution is 2.22. The summed E-state index contributed by atoms with van der Waals surface area (Å²) in [5, 5.41) is 0.104. The van der Waals surface area contributed by atoms with Crippen molar-refractivity contribution in [3.8, 4) is 0 Å². The van der Waals surface area contributed by atoms with Crippen LogP contribution in [-0.2, 0) is 0 Å². The molecule has 6 heteroatoms. The normalized spacial score (nSPS) is 10.8. The van der Waals surface area contributed by atoms with Crippen LogP contribution in [0.4, 0.5) is 0 Å². The molecule has 17 heavy (non-hydrogen) atoms. The average molecular weight is 297 g/mol. The molecule has 0 radical (unpaired) electrons. The molecule has 0 atom stereocenters. The highest BCUT2D eigenvalue weighted by molar-refractivity contribution is 7.12. The Morgan fingerprint density at radius 3 is 2.41 bits per heavy atom. The van der Waals surface area contributed by atoms with Gasteiger partial charge < -0.3 is 5.43 Å². The molecule has 0 aromatic carbocycles. The lowest BCUT2D eigenvalue weighted by molar-refractivity contribution is 0.609. The fraction of sp³-hybridized carbons (Fsp3) is 0.727. The van der Waals surface area contributed by atoms with Crippen molar-refractivity contribution in [1.29, 1.82) is 0 Å². The Bertz CT molecular complexity index is 389. The van der Waals surface area contributed by atoms with Gasteiger partial charge in [-0.3, -0.25) is 4.79 Å². The molecular weight excluding hydrogens is 279 g/mol. The lowest BCUT2D eigenvalue weighted by Gasteiger charge is -2.04. The van der Waals surface area contributed by atoms with E-state index in [1.54, 1.807) is 0 Å². The predicted octanol–water partition coefficient (Wildman–Crippen LogP) is 4.12. The molecule has 1 N–H and O–H groups in total. The van der Waals surface area contributed by atoms with E-state index in [2.05, 4.69) is 12.3 Å². The van der Waals surface area contributed by atoms with Crippen LogP contribution in [0.1, 0.15) is 45.4 Å². The second-order valence-corrected chi connectivity index (χ2v) is 5.89. The van der Waals surface area contributed by atoms with Gasteiger partial charge in [0.25, 0.3) is 5.56 Å². The molecule has 0 fully saturated rings. The molecule has 0 aliphatic heterocycles. The van der Waals surface area contributed by atoms with E-state index in [0.29, 0.717) is 4.34 Å². The Hall–Kier alpha value is -0.190. The third kappa shape index (κ3) is 4.90. The topological polar surface area (TPSA) is 34.0 Å². The summed E-state index contributed by atoms with van der Waals surface area (Å²) in [4.78, 5) is 11.5. The molecule has 3 nitrogen and oxygen atoms in total. The minimum Gasteiger partial charge on any atom is -0.313 e. The smallest absolute Gasteiger partial charge is 0.299 e. The molecule has 1 rings (SSSR count). The summed E-state index contributed by atoms with van der Waals surface area (Å²) in [6.45, 7) is 2.98. The van der Waals surface area contributed by atoms with Crippen LogP contribution in [-0.4, -0.2) is 10.6 Å². The van der Waals surface area contributed by atoms with Crippen LogP contribution >= 0.6 is 34.7 Å². The standard InChI is InChI=1S/C11H18Cl2N2OS/c1-2-3-4-5-6-7-8-14-15-11(16)9(12)10(13)17-15/h14H,2-8H2,1H3. The molecule has 0 unspecified atom stereocenters. The molecule has 0 spiro atoms. The minimum atomic E-state index is -0.257. The number of rotatable bonds is 8. The quantitative estimate of drug-likeness (QED) is 0.732. The number of hydrogen-bond acceptors (Lipinski definition) is 3. The summed E-state index contributed by atoms with van der Waals surface area (Å²) in [6.07, 6.45) is 7.38. The molecule has 0 bridgehead atoms. The van der Waals surface area contributed by atoms with Crippen molar-refractivity contribution in [2.45, 2.75) is 45.4 Å². The molecule has 0 amide bonds. The fourth-order valence-electron chi connectivity index (χ4n) is 1.52. The summed E-state index contributed by atoms with van der Waals surface area (Å²) < 4.78 is 1.74. The monoisotopic (exact) mass is 296 g/mol. The van der Waals surface area contributed by atoms with Crippen molar-refractivity contribution in [2.75, 3.05) is 12.0 Å². The SMILES string of the molecule is CCCCCCCCNn1sc(Cl)c(Cl)c1=O. The molecule has 98 valence electrons. The van der Waals surface area contributed by atoms with Crippen molar-refractivity contribution in [2.24, 2.45) is 0 Å². The van der Waals surface area contributed by atoms with Crippen molar-refractivity contribution in [3.63, 3.8) is 0 Å². The Balaban J connectivity index is 2.18. The Morgan fingerprint density at radius 1 is 1.18 bits per heavy atom. The van der Waals surface area contributed by atoms with Crippen LogP contribution in [0.15, 0.2) is 4.79 Å². The van der Waals surface area contributed by atoms with Crippen molar-refractivity contribution < 1.29 is 0 Å². The van der Waals surface area contributed by atoms with E-state index in [1.165, 1.54) is 36.2 Å². The number of hydrogen-bond donors (Lipinski definition) is 1. The maximum atomic E-state index is 11.5. The van der Waals surface area contributed by atoms with Gasteiger partial charge in [-0.25, -0.2) is 0 Å². The molecule has 0 saturated heterocycles. The van der Waals surface area contributed by atoms with Gasteiger partial charge in [-0.2, -0.15) is 4.07 Å². The van der Waals surface area contributed by atoms with Crippen LogP contribution < -0.4 is 11.0 Å². The number of nitrogens with one attached hydrogen (secondary N) is 1. The van der Waals surface area contributed by atoms with Gasteiger partial charge in [0.2, 0.25) is 0 Å². The van der Waals surface area contributed by atoms with Crippen LogP contribution in [0.2, 0.25) is 9.36 Å². The van der Waals surface area contributed by atoms with Crippen LogP contribution in [0.25, 0.3) is 0 Å². The number of aromatic nitrogens is 1. The van der Waals surface area contributed by atoms with Gasteiger partial charge in [-0.1, -0.05) is 62.2 Å². The van der Waals surface area contributed by atoms with E-state index in [-0.39, 0.29) is 10.6 Å². The van der Waals surface area contributed by atoms with Crippen molar-refractivity contribution in [3.05, 3.63) is 19.7 Å². The summed E-state index contributed by atoms with van der Waals surface area (Å²) in [6, 6.07) is 0. The molecule has 1 aromatic heterocycles. The van der Waals surface area contributed by atoms with E-state index in [9.17, 15) is 4.79 Å². The van der Waals surface area contributed by atoms with Gasteiger partial charge in [0, 0.05) is 6.54 Å². The summed E-state index contributed by atoms with van der Waals surface area (Å²) >= 11 is 12.6. The Labute approximate surface area is 116 Å². The molecular formula is C11H18Cl2N2OS. The van der Waals surface area contributed by atoms with E-state index >= 15 is 0 Å². The van der Waals surface area contributed by atoms with Crippen molar-refractivity contribution >= 4 is 34.7 Å². The summed E-state index contributed by atoms with van der Waals surface area (Å²) in [5.41, 5.74) is 2.76. The summed E-state index contributed by atoms with van der Waals surface area (Å²) in [7, 11) is 0. The molecule has 0 aliphatic rings. The molecule has 1 heterocycles. The van der Waals surface area contributed by atoms with Gasteiger partial charge in [-0.15, -0.1) is 0 Å². The first-order valence-corrected chi connectivity index (χ1v) is 7.51. The maximum Gasteiger partial charge on any atom is 0.299 e. The van der Waals surface area contributed by atoms with E-state index in [4.69, 9.17) is 23.2 Å². The second-order valence-electron chi connectivity index (χ2n) is 3.95. The molecule has 1 aromatic rings. The third-order valence-corrected chi connectivity index (χ3v) is 4.30. The van der Waals surface area contributed by atoms with Gasteiger partial charge in [0.15, 0.2) is 0 Å². The minimum absolute atomic E-state index is 0.104. The first-order chi connectivity index (χ1) is 8.16. The third-order valence-electron chi connectivity index (χ3n) is 2.50. The second kappa shape index (κ2) is 8.01. The Kier molecular flexibility index (Phi) is 7.00. The number of nitrogens with zero attached hydrogens (tertiary/aromatic N) is 1. The number of halogens is 2. The lowest BCUT2D eigenvalue weighted by atomic mass is 10.1. The van der Waals surface area contributed by atoms with Gasteiger partial charge in [0.05, 0.1) is 0 Å². The molecule has 0 saturated carbocycles. The average Bonchev–Trinajstić information content (AvgIpc) is 2.56. The zero-order valence-corrected chi connectivity index (χ0v) is 12.3. The number of unbranched alkanes of at least 4 members (excludes halogenated alkanes) is 5. The highest BCUT2D eigenvalue weighted by atomic mass is 35.5. The predicted molar refractivity (Wildman–Crippen MR) is 76.2 cm³/mol. The Morgan fingerprint density at radius 2 is 1.82 bits per heavy atom. The largest absolute Gasteiger partial charge is 0.313 e. The van der Waals surface area contributed by atoms with Crippen LogP contribution in [0, 0.1) is 0 Å². The first kappa shape index (κ1) is 14.9. The zero-order valence-electron chi connectivity index (χ0n) is 9.97. The fourth-order valence-corrected chi connectivity index (χ4v) is 2.71. The maximum absolute atomic E-state index is 11.5. The first-order valence-electron chi connectivity index (χ1n) is 5.98. The lowest BCUT2D eigenvalue weighted by Crippen LogP contribution is -2.24. The highest BCUT2D eigenvalue weighted by Gasteiger charge is 2.10. The van der Waals surface area contributed by atoms with E-state index in [0.717, 1.165) is 24.5 Å². The van der Waals surface area contributed by atoms with Gasteiger partial charge in [0.1, 0.15) is 9.36 Å². The van der Waals surface area contributed by atoms with Gasteiger partial charge in [-0.05, 0) is 18.0 Å². The zero-order chi connectivity index (χ0) is 12.7. The van der Waals surface area contributed by atoms with Gasteiger partial charge >= 0.3 is 0 Å². The summed E-state index contributed by atoms with van der Waals surface area (Å²) in [5.74, 6) is 0. The van der Waals surface area contributed by atoms with E-state index < -0.39 is 0 Å². The van der Waals surface area contributed by atoms with Crippen molar-refractivity contribution in [1.82, 2.24) is 4.07 Å². The van der Waals surface area contributed by atoms with Crippen LogP contribution in [0.3, 0.4) is 0 Å².